The van der Waals surface area contributed by atoms with E-state index in [0.29, 0.717) is 24.4 Å². The Kier molecular flexibility index (Phi) is 6.12. The van der Waals surface area contributed by atoms with Gasteiger partial charge in [-0.3, -0.25) is 14.2 Å². The second-order valence-corrected chi connectivity index (χ2v) is 7.40. The zero-order valence-corrected chi connectivity index (χ0v) is 15.8. The van der Waals surface area contributed by atoms with Crippen molar-refractivity contribution in [3.05, 3.63) is 26.6 Å². The molecule has 0 aromatic carbocycles. The van der Waals surface area contributed by atoms with Gasteiger partial charge in [-0.15, -0.1) is 11.3 Å². The van der Waals surface area contributed by atoms with Crippen LogP contribution >= 0.6 is 11.3 Å². The van der Waals surface area contributed by atoms with Gasteiger partial charge in [0.25, 0.3) is 5.56 Å². The summed E-state index contributed by atoms with van der Waals surface area (Å²) in [5, 5.41) is 0.612. The Labute approximate surface area is 146 Å². The van der Waals surface area contributed by atoms with E-state index in [-0.39, 0.29) is 12.1 Å². The van der Waals surface area contributed by atoms with Crippen molar-refractivity contribution in [2.75, 3.05) is 20.7 Å². The molecular formula is C17H25N3O3S. The van der Waals surface area contributed by atoms with Crippen LogP contribution in [0.4, 0.5) is 0 Å². The second-order valence-electron chi connectivity index (χ2n) is 6.19. The fourth-order valence-electron chi connectivity index (χ4n) is 2.44. The summed E-state index contributed by atoms with van der Waals surface area (Å²) in [6, 6.07) is 0. The van der Waals surface area contributed by atoms with Gasteiger partial charge in [-0.1, -0.05) is 13.3 Å². The predicted octanol–water partition coefficient (Wildman–Crippen LogP) is 2.48. The van der Waals surface area contributed by atoms with Gasteiger partial charge in [0.1, 0.15) is 17.2 Å². The molecule has 0 fully saturated rings. The Bertz CT molecular complexity index is 792. The molecule has 0 N–H and O–H groups in total. The van der Waals surface area contributed by atoms with Crippen LogP contribution in [0.5, 0.6) is 0 Å². The average Bonchev–Trinajstić information content (AvgIpc) is 2.78. The van der Waals surface area contributed by atoms with E-state index in [9.17, 15) is 9.59 Å². The van der Waals surface area contributed by atoms with E-state index in [1.165, 1.54) is 15.9 Å². The van der Waals surface area contributed by atoms with Gasteiger partial charge in [0.15, 0.2) is 0 Å². The molecule has 2 rings (SSSR count). The number of hydrogen-bond acceptors (Lipinski definition) is 6. The van der Waals surface area contributed by atoms with Gasteiger partial charge in [-0.05, 0) is 39.9 Å². The number of carbonyl (C=O) groups is 1. The Balaban J connectivity index is 2.44. The molecule has 132 valence electrons. The zero-order valence-electron chi connectivity index (χ0n) is 15.0. The quantitative estimate of drug-likeness (QED) is 0.566. The van der Waals surface area contributed by atoms with Crippen molar-refractivity contribution >= 4 is 27.5 Å². The molecule has 0 unspecified atom stereocenters. The summed E-state index contributed by atoms with van der Waals surface area (Å²) >= 11 is 1.52. The van der Waals surface area contributed by atoms with Crippen LogP contribution < -0.4 is 5.56 Å². The first-order chi connectivity index (χ1) is 11.3. The minimum absolute atomic E-state index is 0.0943. The van der Waals surface area contributed by atoms with Crippen LogP contribution in [0.2, 0.25) is 0 Å². The third kappa shape index (κ3) is 4.02. The van der Waals surface area contributed by atoms with Crippen molar-refractivity contribution in [2.24, 2.45) is 0 Å². The molecule has 0 aliphatic carbocycles. The predicted molar refractivity (Wildman–Crippen MR) is 96.6 cm³/mol. The molecule has 0 spiro atoms. The van der Waals surface area contributed by atoms with Crippen molar-refractivity contribution in [1.82, 2.24) is 14.5 Å². The fourth-order valence-corrected chi connectivity index (χ4v) is 3.48. The van der Waals surface area contributed by atoms with E-state index < -0.39 is 5.97 Å². The zero-order chi connectivity index (χ0) is 17.9. The standard InChI is InChI=1S/C17H25N3O3S/c1-6-7-8-23-14(21)10-20-13(9-19(4)5)18-16-15(17(20)22)11(2)12(3)24-16/h6-10H2,1-5H3. The van der Waals surface area contributed by atoms with Gasteiger partial charge < -0.3 is 9.64 Å². The van der Waals surface area contributed by atoms with E-state index >= 15 is 0 Å². The lowest BCUT2D eigenvalue weighted by molar-refractivity contribution is -0.144. The number of aryl methyl sites for hydroxylation is 2. The van der Waals surface area contributed by atoms with Gasteiger partial charge in [0, 0.05) is 4.88 Å². The Hall–Kier alpha value is -1.73. The normalized spacial score (nSPS) is 11.4. The topological polar surface area (TPSA) is 64.4 Å². The third-order valence-corrected chi connectivity index (χ3v) is 4.97. The number of aromatic nitrogens is 2. The largest absolute Gasteiger partial charge is 0.464 e. The number of ether oxygens (including phenoxy) is 1. The van der Waals surface area contributed by atoms with Crippen LogP contribution in [-0.2, 0) is 22.6 Å². The maximum atomic E-state index is 12.9. The number of nitrogens with zero attached hydrogens (tertiary/aromatic N) is 3. The summed E-state index contributed by atoms with van der Waals surface area (Å²) in [6.45, 7) is 6.72. The van der Waals surface area contributed by atoms with Crippen LogP contribution in [0.25, 0.3) is 10.2 Å². The van der Waals surface area contributed by atoms with Crippen LogP contribution in [0.15, 0.2) is 4.79 Å². The van der Waals surface area contributed by atoms with Crippen molar-refractivity contribution < 1.29 is 9.53 Å². The van der Waals surface area contributed by atoms with Crippen LogP contribution in [0.1, 0.15) is 36.0 Å². The van der Waals surface area contributed by atoms with Gasteiger partial charge >= 0.3 is 5.97 Å². The minimum Gasteiger partial charge on any atom is -0.464 e. The molecular weight excluding hydrogens is 326 g/mol. The molecule has 2 heterocycles. The molecule has 2 aromatic heterocycles. The lowest BCUT2D eigenvalue weighted by atomic mass is 10.2. The number of hydrogen-bond donors (Lipinski definition) is 0. The van der Waals surface area contributed by atoms with Crippen LogP contribution in [0.3, 0.4) is 0 Å². The number of carbonyl (C=O) groups excluding carboxylic acids is 1. The van der Waals surface area contributed by atoms with Gasteiger partial charge in [-0.2, -0.15) is 0 Å². The van der Waals surface area contributed by atoms with Crippen LogP contribution in [-0.4, -0.2) is 41.1 Å². The van der Waals surface area contributed by atoms with Gasteiger partial charge in [0.2, 0.25) is 0 Å². The van der Waals surface area contributed by atoms with E-state index in [0.717, 1.165) is 28.1 Å². The molecule has 0 radical (unpaired) electrons. The van der Waals surface area contributed by atoms with Crippen molar-refractivity contribution in [3.63, 3.8) is 0 Å². The highest BCUT2D eigenvalue weighted by Crippen LogP contribution is 2.26. The Morgan fingerprint density at radius 3 is 2.67 bits per heavy atom. The second kappa shape index (κ2) is 7.90. The summed E-state index contributed by atoms with van der Waals surface area (Å²) in [4.78, 5) is 33.4. The number of rotatable bonds is 7. The molecule has 0 atom stereocenters. The molecule has 0 amide bonds. The highest BCUT2D eigenvalue weighted by atomic mass is 32.1. The first-order valence-corrected chi connectivity index (χ1v) is 8.96. The minimum atomic E-state index is -0.392. The SMILES string of the molecule is CCCCOC(=O)Cn1c(CN(C)C)nc2sc(C)c(C)c2c1=O. The molecule has 0 saturated carbocycles. The first-order valence-electron chi connectivity index (χ1n) is 8.14. The number of esters is 1. The lowest BCUT2D eigenvalue weighted by Gasteiger charge is -2.15. The van der Waals surface area contributed by atoms with E-state index in [1.807, 2.05) is 39.8 Å². The van der Waals surface area contributed by atoms with Crippen molar-refractivity contribution in [1.29, 1.82) is 0 Å². The van der Waals surface area contributed by atoms with Crippen molar-refractivity contribution in [3.8, 4) is 0 Å². The molecule has 0 saturated heterocycles. The smallest absolute Gasteiger partial charge is 0.326 e. The lowest BCUT2D eigenvalue weighted by Crippen LogP contribution is -2.31. The van der Waals surface area contributed by atoms with Gasteiger partial charge in [-0.25, -0.2) is 4.98 Å². The van der Waals surface area contributed by atoms with Gasteiger partial charge in [0.05, 0.1) is 18.5 Å². The summed E-state index contributed by atoms with van der Waals surface area (Å²) in [6.07, 6.45) is 1.78. The summed E-state index contributed by atoms with van der Waals surface area (Å²) < 4.78 is 6.67. The third-order valence-electron chi connectivity index (χ3n) is 3.87. The van der Waals surface area contributed by atoms with E-state index in [1.54, 1.807) is 0 Å². The van der Waals surface area contributed by atoms with E-state index in [2.05, 4.69) is 4.98 Å². The number of unbranched alkanes of at least 4 members (excludes halogenated alkanes) is 1. The molecule has 24 heavy (non-hydrogen) atoms. The highest BCUT2D eigenvalue weighted by molar-refractivity contribution is 7.18. The molecule has 0 aliphatic heterocycles. The number of fused-ring (bicyclic) bond motifs is 1. The molecule has 2 aromatic rings. The molecule has 0 aliphatic rings. The Morgan fingerprint density at radius 1 is 1.33 bits per heavy atom. The fraction of sp³-hybridized carbons (Fsp3) is 0.588. The average molecular weight is 351 g/mol. The molecule has 6 nitrogen and oxygen atoms in total. The maximum Gasteiger partial charge on any atom is 0.326 e. The summed E-state index contributed by atoms with van der Waals surface area (Å²) in [5.41, 5.74) is 0.781. The van der Waals surface area contributed by atoms with Crippen molar-refractivity contribution in [2.45, 2.75) is 46.7 Å². The number of thiophene rings is 1. The van der Waals surface area contributed by atoms with Crippen LogP contribution in [0, 0.1) is 13.8 Å². The first kappa shape index (κ1) is 18.6. The Morgan fingerprint density at radius 2 is 2.04 bits per heavy atom. The van der Waals surface area contributed by atoms with E-state index in [4.69, 9.17) is 4.74 Å². The summed E-state index contributed by atoms with van der Waals surface area (Å²) in [5.74, 6) is 0.197. The molecule has 7 heteroatoms. The highest BCUT2D eigenvalue weighted by Gasteiger charge is 2.19. The molecule has 0 bridgehead atoms. The monoisotopic (exact) mass is 351 g/mol. The maximum absolute atomic E-state index is 12.9. The summed E-state index contributed by atoms with van der Waals surface area (Å²) in [7, 11) is 3.82.